The van der Waals surface area contributed by atoms with Crippen LogP contribution in [0.2, 0.25) is 0 Å². The van der Waals surface area contributed by atoms with Crippen LogP contribution in [0.25, 0.3) is 0 Å². The van der Waals surface area contributed by atoms with Crippen molar-refractivity contribution in [3.8, 4) is 0 Å². The van der Waals surface area contributed by atoms with Gasteiger partial charge in [-0.25, -0.2) is 8.42 Å². The third kappa shape index (κ3) is 5.77. The van der Waals surface area contributed by atoms with Crippen LogP contribution in [0.5, 0.6) is 0 Å². The number of halogens is 1. The molecular formula is C17H26BrN3O3S. The molecule has 0 unspecified atom stereocenters. The molecule has 1 amide bonds. The predicted octanol–water partition coefficient (Wildman–Crippen LogP) is 2.06. The van der Waals surface area contributed by atoms with E-state index in [1.807, 2.05) is 0 Å². The molecule has 0 saturated carbocycles. The number of amides is 1. The molecule has 0 spiro atoms. The highest BCUT2D eigenvalue weighted by molar-refractivity contribution is 9.10. The standard InChI is InChI=1S/C17H26BrN3O3S/c1-2-3-4-11-21(14-17(22)20-12-9-19-10-13-20)25(23,24)16-7-5-15(18)6-8-16/h5-8,19H,2-4,9-14H2,1H3. The van der Waals surface area contributed by atoms with E-state index in [4.69, 9.17) is 0 Å². The molecule has 0 bridgehead atoms. The summed E-state index contributed by atoms with van der Waals surface area (Å²) < 4.78 is 28.1. The van der Waals surface area contributed by atoms with E-state index in [0.29, 0.717) is 19.6 Å². The van der Waals surface area contributed by atoms with Crippen LogP contribution in [0.3, 0.4) is 0 Å². The molecule has 140 valence electrons. The van der Waals surface area contributed by atoms with Crippen molar-refractivity contribution >= 4 is 31.9 Å². The second-order valence-corrected chi connectivity index (χ2v) is 8.98. The molecule has 6 nitrogen and oxygen atoms in total. The second kappa shape index (κ2) is 9.66. The van der Waals surface area contributed by atoms with Crippen LogP contribution in [-0.2, 0) is 14.8 Å². The Hall–Kier alpha value is -0.960. The molecule has 0 radical (unpaired) electrons. The maximum atomic E-state index is 13.0. The molecule has 1 aromatic carbocycles. The van der Waals surface area contributed by atoms with Gasteiger partial charge in [-0.3, -0.25) is 4.79 Å². The van der Waals surface area contributed by atoms with Crippen molar-refractivity contribution in [3.63, 3.8) is 0 Å². The monoisotopic (exact) mass is 431 g/mol. The summed E-state index contributed by atoms with van der Waals surface area (Å²) in [6.45, 7) is 5.09. The maximum absolute atomic E-state index is 13.0. The van der Waals surface area contributed by atoms with Crippen molar-refractivity contribution in [2.75, 3.05) is 39.3 Å². The lowest BCUT2D eigenvalue weighted by Gasteiger charge is -2.30. The van der Waals surface area contributed by atoms with Crippen LogP contribution in [0.15, 0.2) is 33.6 Å². The summed E-state index contributed by atoms with van der Waals surface area (Å²) in [5.41, 5.74) is 0. The van der Waals surface area contributed by atoms with Crippen LogP contribution < -0.4 is 5.32 Å². The Morgan fingerprint density at radius 1 is 1.20 bits per heavy atom. The fraction of sp³-hybridized carbons (Fsp3) is 0.588. The first-order chi connectivity index (χ1) is 11.9. The lowest BCUT2D eigenvalue weighted by Crippen LogP contribution is -2.50. The zero-order valence-corrected chi connectivity index (χ0v) is 17.0. The number of piperazine rings is 1. The Labute approximate surface area is 158 Å². The highest BCUT2D eigenvalue weighted by Crippen LogP contribution is 2.19. The molecule has 1 N–H and O–H groups in total. The largest absolute Gasteiger partial charge is 0.339 e. The zero-order chi connectivity index (χ0) is 18.3. The molecule has 1 fully saturated rings. The first kappa shape index (κ1) is 20.4. The molecule has 8 heteroatoms. The van der Waals surface area contributed by atoms with Crippen molar-refractivity contribution in [2.24, 2.45) is 0 Å². The topological polar surface area (TPSA) is 69.7 Å². The molecule has 1 aromatic rings. The van der Waals surface area contributed by atoms with Crippen LogP contribution in [0, 0.1) is 0 Å². The quantitative estimate of drug-likeness (QED) is 0.639. The molecule has 1 aliphatic heterocycles. The second-order valence-electron chi connectivity index (χ2n) is 6.13. The fourth-order valence-corrected chi connectivity index (χ4v) is 4.44. The van der Waals surface area contributed by atoms with Crippen LogP contribution >= 0.6 is 15.9 Å². The summed E-state index contributed by atoms with van der Waals surface area (Å²) in [6.07, 6.45) is 2.69. The smallest absolute Gasteiger partial charge is 0.243 e. The number of rotatable bonds is 8. The Morgan fingerprint density at radius 3 is 2.44 bits per heavy atom. The Bertz CT molecular complexity index is 658. The third-order valence-corrected chi connectivity index (χ3v) is 6.63. The summed E-state index contributed by atoms with van der Waals surface area (Å²) in [5.74, 6) is -0.126. The number of hydrogen-bond donors (Lipinski definition) is 1. The van der Waals surface area contributed by atoms with E-state index in [9.17, 15) is 13.2 Å². The van der Waals surface area contributed by atoms with Crippen molar-refractivity contribution in [2.45, 2.75) is 31.1 Å². The van der Waals surface area contributed by atoms with Gasteiger partial charge in [-0.2, -0.15) is 4.31 Å². The minimum absolute atomic E-state index is 0.0951. The first-order valence-corrected chi connectivity index (χ1v) is 10.9. The van der Waals surface area contributed by atoms with Gasteiger partial charge in [0.25, 0.3) is 0 Å². The number of carbonyl (C=O) groups is 1. The number of sulfonamides is 1. The molecular weight excluding hydrogens is 406 g/mol. The maximum Gasteiger partial charge on any atom is 0.243 e. The van der Waals surface area contributed by atoms with E-state index < -0.39 is 10.0 Å². The van der Waals surface area contributed by atoms with Crippen LogP contribution in [0.1, 0.15) is 26.2 Å². The lowest BCUT2D eigenvalue weighted by molar-refractivity contribution is -0.131. The summed E-state index contributed by atoms with van der Waals surface area (Å²) in [7, 11) is -3.68. The number of nitrogens with zero attached hydrogens (tertiary/aromatic N) is 2. The van der Waals surface area contributed by atoms with Gasteiger partial charge in [0.15, 0.2) is 0 Å². The molecule has 0 aliphatic carbocycles. The highest BCUT2D eigenvalue weighted by Gasteiger charge is 2.28. The highest BCUT2D eigenvalue weighted by atomic mass is 79.9. The number of hydrogen-bond acceptors (Lipinski definition) is 4. The van der Waals surface area contributed by atoms with Crippen LogP contribution in [-0.4, -0.2) is 62.8 Å². The van der Waals surface area contributed by atoms with E-state index in [1.54, 1.807) is 29.2 Å². The Morgan fingerprint density at radius 2 is 1.84 bits per heavy atom. The minimum Gasteiger partial charge on any atom is -0.339 e. The number of carbonyl (C=O) groups excluding carboxylic acids is 1. The molecule has 25 heavy (non-hydrogen) atoms. The van der Waals surface area contributed by atoms with Crippen molar-refractivity contribution < 1.29 is 13.2 Å². The summed E-state index contributed by atoms with van der Waals surface area (Å²) >= 11 is 3.32. The van der Waals surface area contributed by atoms with Crippen LogP contribution in [0.4, 0.5) is 0 Å². The van der Waals surface area contributed by atoms with Gasteiger partial charge in [0.05, 0.1) is 11.4 Å². The van der Waals surface area contributed by atoms with E-state index in [2.05, 4.69) is 28.2 Å². The number of nitrogens with one attached hydrogen (secondary N) is 1. The average molecular weight is 432 g/mol. The predicted molar refractivity (Wildman–Crippen MR) is 102 cm³/mol. The van der Waals surface area contributed by atoms with Gasteiger partial charge >= 0.3 is 0 Å². The van der Waals surface area contributed by atoms with Crippen molar-refractivity contribution in [3.05, 3.63) is 28.7 Å². The van der Waals surface area contributed by atoms with E-state index >= 15 is 0 Å². The Balaban J connectivity index is 2.15. The van der Waals surface area contributed by atoms with Gasteiger partial charge < -0.3 is 10.2 Å². The fourth-order valence-electron chi connectivity index (χ4n) is 2.74. The van der Waals surface area contributed by atoms with E-state index in [0.717, 1.165) is 36.8 Å². The Kier molecular flexibility index (Phi) is 7.86. The summed E-state index contributed by atoms with van der Waals surface area (Å²) in [4.78, 5) is 14.5. The first-order valence-electron chi connectivity index (χ1n) is 8.69. The molecule has 0 aromatic heterocycles. The third-order valence-electron chi connectivity index (χ3n) is 4.24. The van der Waals surface area contributed by atoms with E-state index in [-0.39, 0.29) is 17.3 Å². The summed E-state index contributed by atoms with van der Waals surface area (Å²) in [6, 6.07) is 6.55. The van der Waals surface area contributed by atoms with Gasteiger partial charge in [0.1, 0.15) is 0 Å². The molecule has 2 rings (SSSR count). The average Bonchev–Trinajstić information content (AvgIpc) is 2.62. The summed E-state index contributed by atoms with van der Waals surface area (Å²) in [5, 5.41) is 3.20. The van der Waals surface area contributed by atoms with Gasteiger partial charge in [0, 0.05) is 37.2 Å². The van der Waals surface area contributed by atoms with Gasteiger partial charge in [-0.1, -0.05) is 35.7 Å². The molecule has 0 atom stereocenters. The van der Waals surface area contributed by atoms with Crippen molar-refractivity contribution in [1.82, 2.24) is 14.5 Å². The SMILES string of the molecule is CCCCCN(CC(=O)N1CCNCC1)S(=O)(=O)c1ccc(Br)cc1. The number of unbranched alkanes of at least 4 members (excludes halogenated alkanes) is 2. The van der Waals surface area contributed by atoms with Gasteiger partial charge in [-0.15, -0.1) is 0 Å². The minimum atomic E-state index is -3.68. The van der Waals surface area contributed by atoms with Gasteiger partial charge in [-0.05, 0) is 30.7 Å². The number of benzene rings is 1. The normalized spacial score (nSPS) is 15.6. The van der Waals surface area contributed by atoms with Gasteiger partial charge in [0.2, 0.25) is 15.9 Å². The molecule has 1 saturated heterocycles. The zero-order valence-electron chi connectivity index (χ0n) is 14.6. The molecule has 1 heterocycles. The molecule has 1 aliphatic rings. The van der Waals surface area contributed by atoms with Crippen molar-refractivity contribution in [1.29, 1.82) is 0 Å². The van der Waals surface area contributed by atoms with E-state index in [1.165, 1.54) is 4.31 Å². The lowest BCUT2D eigenvalue weighted by atomic mass is 10.2.